The molecule has 1 N–H and O–H groups in total. The third-order valence-corrected chi connectivity index (χ3v) is 5.95. The smallest absolute Gasteiger partial charge is 0.267 e. The van der Waals surface area contributed by atoms with Gasteiger partial charge in [0, 0.05) is 16.7 Å². The summed E-state index contributed by atoms with van der Waals surface area (Å²) in [5, 5.41) is 15.4. The molecule has 0 spiro atoms. The van der Waals surface area contributed by atoms with E-state index in [2.05, 4.69) is 10.5 Å². The van der Waals surface area contributed by atoms with Gasteiger partial charge in [0.2, 0.25) is 10.0 Å². The van der Waals surface area contributed by atoms with Gasteiger partial charge in [-0.05, 0) is 48.0 Å². The Morgan fingerprint density at radius 1 is 1.09 bits per heavy atom. The van der Waals surface area contributed by atoms with Gasteiger partial charge in [-0.15, -0.1) is 0 Å². The van der Waals surface area contributed by atoms with Crippen molar-refractivity contribution >= 4 is 45.1 Å². The fourth-order valence-electron chi connectivity index (χ4n) is 2.92. The number of carbonyl (C=O) groups is 1. The summed E-state index contributed by atoms with van der Waals surface area (Å²) in [6.07, 6.45) is 2.28. The monoisotopic (exact) mass is 486 g/mol. The number of nitrogens with one attached hydrogen (secondary N) is 1. The molecule has 11 heteroatoms. The summed E-state index contributed by atoms with van der Waals surface area (Å²) in [5.74, 6) is -0.556. The Kier molecular flexibility index (Phi) is 7.41. The first kappa shape index (κ1) is 23.9. The molecule has 0 aromatic heterocycles. The maximum Gasteiger partial charge on any atom is 0.278 e. The molecule has 0 saturated carbocycles. The Bertz CT molecular complexity index is 1290. The Labute approximate surface area is 195 Å². The van der Waals surface area contributed by atoms with E-state index >= 15 is 0 Å². The number of hydrogen-bond donors (Lipinski definition) is 1. The molecule has 0 radical (unpaired) electrons. The minimum absolute atomic E-state index is 0.0989. The summed E-state index contributed by atoms with van der Waals surface area (Å²) < 4.78 is 25.9. The summed E-state index contributed by atoms with van der Waals surface area (Å²) in [6.45, 7) is 0.0989. The van der Waals surface area contributed by atoms with Crippen LogP contribution in [0.3, 0.4) is 0 Å². The number of hydrogen-bond acceptors (Lipinski definition) is 6. The van der Waals surface area contributed by atoms with Gasteiger partial charge >= 0.3 is 0 Å². The standard InChI is InChI=1S/C22H19ClN4O5S/c1-33(31,32)26(15-16-6-10-19(23)11-7-16)20-12-8-17(9-13-20)22(28)25-24-14-18-4-2-3-5-21(18)27(29)30/h2-14H,15H2,1H3,(H,25,28)/b24-14+. The summed E-state index contributed by atoms with van der Waals surface area (Å²) in [4.78, 5) is 22.8. The summed E-state index contributed by atoms with van der Waals surface area (Å²) in [7, 11) is -3.59. The average Bonchev–Trinajstić information content (AvgIpc) is 2.78. The molecule has 0 heterocycles. The first-order chi connectivity index (χ1) is 15.6. The van der Waals surface area contributed by atoms with Crippen molar-refractivity contribution in [3.8, 4) is 0 Å². The second-order valence-electron chi connectivity index (χ2n) is 6.96. The molecule has 0 fully saturated rings. The van der Waals surface area contributed by atoms with Gasteiger partial charge in [0.15, 0.2) is 0 Å². The number of nitro groups is 1. The van der Waals surface area contributed by atoms with Gasteiger partial charge in [-0.1, -0.05) is 35.9 Å². The Morgan fingerprint density at radius 3 is 2.33 bits per heavy atom. The van der Waals surface area contributed by atoms with Crippen LogP contribution >= 0.6 is 11.6 Å². The van der Waals surface area contributed by atoms with E-state index in [1.54, 1.807) is 30.3 Å². The molecule has 0 aliphatic carbocycles. The molecule has 0 aliphatic heterocycles. The SMILES string of the molecule is CS(=O)(=O)N(Cc1ccc(Cl)cc1)c1ccc(C(=O)N/N=C/c2ccccc2[N+](=O)[O-])cc1. The molecule has 3 aromatic rings. The van der Waals surface area contributed by atoms with Crippen molar-refractivity contribution in [1.82, 2.24) is 5.43 Å². The lowest BCUT2D eigenvalue weighted by Gasteiger charge is -2.22. The maximum absolute atomic E-state index is 12.4. The van der Waals surface area contributed by atoms with Crippen LogP contribution in [0.2, 0.25) is 5.02 Å². The maximum atomic E-state index is 12.4. The molecule has 170 valence electrons. The Morgan fingerprint density at radius 2 is 1.73 bits per heavy atom. The van der Waals surface area contributed by atoms with E-state index in [9.17, 15) is 23.3 Å². The van der Waals surface area contributed by atoms with E-state index < -0.39 is 20.9 Å². The average molecular weight is 487 g/mol. The van der Waals surface area contributed by atoms with Gasteiger partial charge in [0.05, 0.1) is 35.2 Å². The third kappa shape index (κ3) is 6.37. The molecule has 3 aromatic carbocycles. The predicted octanol–water partition coefficient (Wildman–Crippen LogP) is 3.98. The van der Waals surface area contributed by atoms with E-state index in [1.807, 2.05) is 0 Å². The second-order valence-corrected chi connectivity index (χ2v) is 9.30. The highest BCUT2D eigenvalue weighted by Gasteiger charge is 2.18. The van der Waals surface area contributed by atoms with E-state index in [4.69, 9.17) is 11.6 Å². The fraction of sp³-hybridized carbons (Fsp3) is 0.0909. The highest BCUT2D eigenvalue weighted by atomic mass is 35.5. The molecule has 1 amide bonds. The van der Waals surface area contributed by atoms with Gasteiger partial charge in [0.1, 0.15) is 0 Å². The van der Waals surface area contributed by atoms with Gasteiger partial charge in [-0.3, -0.25) is 19.2 Å². The highest BCUT2D eigenvalue weighted by Crippen LogP contribution is 2.22. The molecule has 0 saturated heterocycles. The van der Waals surface area contributed by atoms with Crippen molar-refractivity contribution in [3.63, 3.8) is 0 Å². The van der Waals surface area contributed by atoms with Crippen LogP contribution in [0.25, 0.3) is 0 Å². The molecule has 0 atom stereocenters. The van der Waals surface area contributed by atoms with E-state index in [0.717, 1.165) is 11.8 Å². The number of anilines is 1. The molecule has 9 nitrogen and oxygen atoms in total. The Balaban J connectivity index is 1.73. The van der Waals surface area contributed by atoms with Crippen molar-refractivity contribution in [2.45, 2.75) is 6.54 Å². The second kappa shape index (κ2) is 10.2. The van der Waals surface area contributed by atoms with Crippen molar-refractivity contribution in [2.75, 3.05) is 10.6 Å². The van der Waals surface area contributed by atoms with Crippen LogP contribution in [0.4, 0.5) is 11.4 Å². The molecule has 33 heavy (non-hydrogen) atoms. The quantitative estimate of drug-likeness (QED) is 0.293. The first-order valence-electron chi connectivity index (χ1n) is 9.54. The van der Waals surface area contributed by atoms with Crippen LogP contribution < -0.4 is 9.73 Å². The van der Waals surface area contributed by atoms with E-state index in [-0.39, 0.29) is 23.4 Å². The van der Waals surface area contributed by atoms with Gasteiger partial charge in [-0.25, -0.2) is 13.8 Å². The molecule has 0 unspecified atom stereocenters. The number of nitro benzene ring substituents is 1. The van der Waals surface area contributed by atoms with Gasteiger partial charge in [-0.2, -0.15) is 5.10 Å². The summed E-state index contributed by atoms with van der Waals surface area (Å²) in [6, 6.07) is 18.8. The number of nitrogens with zero attached hydrogens (tertiary/aromatic N) is 3. The number of benzene rings is 3. The van der Waals surface area contributed by atoms with Gasteiger partial charge in [0.25, 0.3) is 11.6 Å². The van der Waals surface area contributed by atoms with Crippen LogP contribution in [0.15, 0.2) is 77.9 Å². The lowest BCUT2D eigenvalue weighted by atomic mass is 10.2. The van der Waals surface area contributed by atoms with E-state index in [1.165, 1.54) is 53.0 Å². The normalized spacial score (nSPS) is 11.3. The number of amides is 1. The number of sulfonamides is 1. The predicted molar refractivity (Wildman–Crippen MR) is 127 cm³/mol. The molecule has 3 rings (SSSR count). The number of rotatable bonds is 8. The topological polar surface area (TPSA) is 122 Å². The third-order valence-electron chi connectivity index (χ3n) is 4.56. The zero-order valence-electron chi connectivity index (χ0n) is 17.4. The van der Waals surface area contributed by atoms with Crippen molar-refractivity contribution < 1.29 is 18.1 Å². The Hall–Kier alpha value is -3.76. The number of para-hydroxylation sites is 1. The number of hydrazone groups is 1. The first-order valence-corrected chi connectivity index (χ1v) is 11.8. The van der Waals surface area contributed by atoms with Crippen molar-refractivity contribution in [1.29, 1.82) is 0 Å². The molecule has 0 aliphatic rings. The zero-order chi connectivity index (χ0) is 24.0. The molecular formula is C22H19ClN4O5S. The summed E-state index contributed by atoms with van der Waals surface area (Å²) >= 11 is 5.89. The van der Waals surface area contributed by atoms with Crippen molar-refractivity contribution in [3.05, 3.63) is 105 Å². The number of carbonyl (C=O) groups excluding carboxylic acids is 1. The molecular weight excluding hydrogens is 468 g/mol. The van der Waals surface area contributed by atoms with Crippen LogP contribution in [0.5, 0.6) is 0 Å². The zero-order valence-corrected chi connectivity index (χ0v) is 19.0. The van der Waals surface area contributed by atoms with E-state index in [0.29, 0.717) is 10.7 Å². The minimum Gasteiger partial charge on any atom is -0.267 e. The fourth-order valence-corrected chi connectivity index (χ4v) is 3.94. The van der Waals surface area contributed by atoms with Crippen LogP contribution in [-0.2, 0) is 16.6 Å². The summed E-state index contributed by atoms with van der Waals surface area (Å²) in [5.41, 5.74) is 3.77. The minimum atomic E-state index is -3.59. The lowest BCUT2D eigenvalue weighted by Crippen LogP contribution is -2.29. The molecule has 0 bridgehead atoms. The largest absolute Gasteiger partial charge is 0.278 e. The number of halogens is 1. The van der Waals surface area contributed by atoms with Crippen LogP contribution in [0.1, 0.15) is 21.5 Å². The van der Waals surface area contributed by atoms with Crippen LogP contribution in [0, 0.1) is 10.1 Å². The van der Waals surface area contributed by atoms with Crippen molar-refractivity contribution in [2.24, 2.45) is 5.10 Å². The van der Waals surface area contributed by atoms with Gasteiger partial charge < -0.3 is 0 Å². The highest BCUT2D eigenvalue weighted by molar-refractivity contribution is 7.92. The van der Waals surface area contributed by atoms with Crippen LogP contribution in [-0.4, -0.2) is 31.7 Å². The lowest BCUT2D eigenvalue weighted by molar-refractivity contribution is -0.385.